The number of pyridine rings is 1. The summed E-state index contributed by atoms with van der Waals surface area (Å²) in [5.74, 6) is 0.531. The highest BCUT2D eigenvalue weighted by Crippen LogP contribution is 2.35. The maximum atomic E-state index is 12.8. The van der Waals surface area contributed by atoms with Gasteiger partial charge in [0.05, 0.1) is 5.52 Å². The van der Waals surface area contributed by atoms with Gasteiger partial charge in [0.25, 0.3) is 0 Å². The van der Waals surface area contributed by atoms with Crippen LogP contribution in [0.4, 0.5) is 13.2 Å². The molecule has 2 rings (SSSR count). The number of nitrogens with zero attached hydrogens (tertiary/aromatic N) is 1. The molecule has 0 aliphatic carbocycles. The van der Waals surface area contributed by atoms with E-state index in [2.05, 4.69) is 4.98 Å². The van der Waals surface area contributed by atoms with E-state index in [0.717, 1.165) is 6.07 Å². The van der Waals surface area contributed by atoms with E-state index in [0.29, 0.717) is 27.6 Å². The second-order valence-electron chi connectivity index (χ2n) is 3.80. The predicted octanol–water partition coefficient (Wildman–Crippen LogP) is 3.96. The minimum Gasteiger partial charge on any atom is -0.330 e. The number of thioether (sulfide) groups is 1. The molecule has 1 aromatic carbocycles. The summed E-state index contributed by atoms with van der Waals surface area (Å²) < 4.78 is 38.3. The van der Waals surface area contributed by atoms with Crippen LogP contribution in [0.5, 0.6) is 0 Å². The van der Waals surface area contributed by atoms with Crippen molar-refractivity contribution in [3.8, 4) is 0 Å². The van der Waals surface area contributed by atoms with Crippen LogP contribution in [-0.4, -0.2) is 17.3 Å². The monoisotopic (exact) mass is 306 g/mol. The predicted molar refractivity (Wildman–Crippen MR) is 71.5 cm³/mol. The average molecular weight is 307 g/mol. The molecule has 0 atom stereocenters. The molecule has 19 heavy (non-hydrogen) atoms. The van der Waals surface area contributed by atoms with Crippen LogP contribution in [0.25, 0.3) is 10.9 Å². The maximum Gasteiger partial charge on any atom is 0.433 e. The molecule has 0 aliphatic heterocycles. The molecule has 1 heterocycles. The molecule has 0 aliphatic rings. The van der Waals surface area contributed by atoms with Crippen molar-refractivity contribution in [2.45, 2.75) is 11.1 Å². The van der Waals surface area contributed by atoms with Gasteiger partial charge in [-0.3, -0.25) is 0 Å². The molecule has 7 heteroatoms. The lowest BCUT2D eigenvalue weighted by atomic mass is 10.2. The highest BCUT2D eigenvalue weighted by atomic mass is 35.5. The van der Waals surface area contributed by atoms with Crippen LogP contribution in [0.1, 0.15) is 5.69 Å². The Morgan fingerprint density at radius 2 is 2.00 bits per heavy atom. The van der Waals surface area contributed by atoms with Crippen LogP contribution in [-0.2, 0) is 6.18 Å². The Morgan fingerprint density at radius 3 is 2.63 bits per heavy atom. The normalized spacial score (nSPS) is 12.1. The first-order chi connectivity index (χ1) is 8.91. The van der Waals surface area contributed by atoms with Crippen molar-refractivity contribution in [2.24, 2.45) is 5.73 Å². The first-order valence-corrected chi connectivity index (χ1v) is 6.78. The third-order valence-corrected chi connectivity index (χ3v) is 3.72. The van der Waals surface area contributed by atoms with Crippen molar-refractivity contribution < 1.29 is 13.2 Å². The molecule has 102 valence electrons. The Labute approximate surface area is 117 Å². The number of aromatic nitrogens is 1. The second kappa shape index (κ2) is 5.56. The van der Waals surface area contributed by atoms with Crippen LogP contribution in [0, 0.1) is 0 Å². The molecule has 0 fully saturated rings. The second-order valence-corrected chi connectivity index (χ2v) is 5.38. The lowest BCUT2D eigenvalue weighted by molar-refractivity contribution is -0.141. The summed E-state index contributed by atoms with van der Waals surface area (Å²) in [6.07, 6.45) is -4.47. The molecular weight excluding hydrogens is 297 g/mol. The van der Waals surface area contributed by atoms with Gasteiger partial charge < -0.3 is 5.73 Å². The topological polar surface area (TPSA) is 38.9 Å². The fourth-order valence-electron chi connectivity index (χ4n) is 1.60. The van der Waals surface area contributed by atoms with Gasteiger partial charge in [-0.2, -0.15) is 13.2 Å². The number of hydrogen-bond donors (Lipinski definition) is 1. The Kier molecular flexibility index (Phi) is 4.23. The average Bonchev–Trinajstić information content (AvgIpc) is 2.34. The van der Waals surface area contributed by atoms with Crippen molar-refractivity contribution >= 4 is 34.3 Å². The Balaban J connectivity index is 2.62. The lowest BCUT2D eigenvalue weighted by Gasteiger charge is -2.11. The molecule has 2 nitrogen and oxygen atoms in total. The van der Waals surface area contributed by atoms with Gasteiger partial charge in [-0.1, -0.05) is 11.6 Å². The molecule has 0 amide bonds. The van der Waals surface area contributed by atoms with Gasteiger partial charge in [0.1, 0.15) is 5.69 Å². The van der Waals surface area contributed by atoms with E-state index in [1.807, 2.05) is 0 Å². The summed E-state index contributed by atoms with van der Waals surface area (Å²) in [4.78, 5) is 4.12. The lowest BCUT2D eigenvalue weighted by Crippen LogP contribution is -2.08. The SMILES string of the molecule is NCCSc1cc(C(F)(F)F)nc2ccc(Cl)cc12. The van der Waals surface area contributed by atoms with Crippen LogP contribution in [0.2, 0.25) is 5.02 Å². The standard InChI is InChI=1S/C12H10ClF3N2S/c13-7-1-2-9-8(5-7)10(19-4-3-17)6-11(18-9)12(14,15)16/h1-2,5-6H,3-4,17H2. The van der Waals surface area contributed by atoms with E-state index in [1.54, 1.807) is 6.07 Å². The number of hydrogen-bond acceptors (Lipinski definition) is 3. The van der Waals surface area contributed by atoms with Crippen molar-refractivity contribution in [1.82, 2.24) is 4.98 Å². The molecule has 0 unspecified atom stereocenters. The molecule has 0 radical (unpaired) electrons. The maximum absolute atomic E-state index is 12.8. The molecule has 0 bridgehead atoms. The largest absolute Gasteiger partial charge is 0.433 e. The van der Waals surface area contributed by atoms with Crippen molar-refractivity contribution in [2.75, 3.05) is 12.3 Å². The Hall–Kier alpha value is -0.980. The summed E-state index contributed by atoms with van der Waals surface area (Å²) >= 11 is 7.14. The van der Waals surface area contributed by atoms with Crippen LogP contribution in [0.15, 0.2) is 29.2 Å². The molecule has 2 aromatic rings. The fourth-order valence-corrected chi connectivity index (χ4v) is 2.62. The van der Waals surface area contributed by atoms with Gasteiger partial charge in [0.15, 0.2) is 0 Å². The molecule has 0 saturated heterocycles. The highest BCUT2D eigenvalue weighted by Gasteiger charge is 2.33. The van der Waals surface area contributed by atoms with E-state index in [9.17, 15) is 13.2 Å². The van der Waals surface area contributed by atoms with E-state index in [-0.39, 0.29) is 5.52 Å². The number of halogens is 4. The third kappa shape index (κ3) is 3.32. The summed E-state index contributed by atoms with van der Waals surface area (Å²) in [5.41, 5.74) is 4.76. The Bertz CT molecular complexity index is 601. The van der Waals surface area contributed by atoms with Gasteiger partial charge in [-0.05, 0) is 24.3 Å². The minimum absolute atomic E-state index is 0.277. The molecule has 1 aromatic heterocycles. The van der Waals surface area contributed by atoms with E-state index < -0.39 is 11.9 Å². The summed E-state index contributed by atoms with van der Waals surface area (Å²) in [6.45, 7) is 0.385. The zero-order valence-electron chi connectivity index (χ0n) is 9.67. The fraction of sp³-hybridized carbons (Fsp3) is 0.250. The molecule has 0 spiro atoms. The zero-order chi connectivity index (χ0) is 14.0. The van der Waals surface area contributed by atoms with Crippen molar-refractivity contribution in [1.29, 1.82) is 0 Å². The van der Waals surface area contributed by atoms with E-state index >= 15 is 0 Å². The number of alkyl halides is 3. The summed E-state index contributed by atoms with van der Waals surface area (Å²) in [6, 6.07) is 5.66. The first-order valence-electron chi connectivity index (χ1n) is 5.42. The molecular formula is C12H10ClF3N2S. The highest BCUT2D eigenvalue weighted by molar-refractivity contribution is 7.99. The van der Waals surface area contributed by atoms with Crippen molar-refractivity contribution in [3.63, 3.8) is 0 Å². The summed E-state index contributed by atoms with van der Waals surface area (Å²) in [7, 11) is 0. The minimum atomic E-state index is -4.47. The number of benzene rings is 1. The summed E-state index contributed by atoms with van der Waals surface area (Å²) in [5, 5.41) is 1.07. The van der Waals surface area contributed by atoms with E-state index in [4.69, 9.17) is 17.3 Å². The quantitative estimate of drug-likeness (QED) is 0.872. The van der Waals surface area contributed by atoms with Gasteiger partial charge in [0.2, 0.25) is 0 Å². The number of nitrogens with two attached hydrogens (primary N) is 1. The van der Waals surface area contributed by atoms with E-state index in [1.165, 1.54) is 23.9 Å². The van der Waals surface area contributed by atoms with Crippen LogP contribution >= 0.6 is 23.4 Å². The number of rotatable bonds is 3. The van der Waals surface area contributed by atoms with Gasteiger partial charge >= 0.3 is 6.18 Å². The van der Waals surface area contributed by atoms with Gasteiger partial charge in [-0.25, -0.2) is 4.98 Å². The zero-order valence-corrected chi connectivity index (χ0v) is 11.2. The Morgan fingerprint density at radius 1 is 1.26 bits per heavy atom. The van der Waals surface area contributed by atoms with Gasteiger partial charge in [0, 0.05) is 27.6 Å². The third-order valence-electron chi connectivity index (χ3n) is 2.40. The smallest absolute Gasteiger partial charge is 0.330 e. The molecule has 2 N–H and O–H groups in total. The van der Waals surface area contributed by atoms with Gasteiger partial charge in [-0.15, -0.1) is 11.8 Å². The van der Waals surface area contributed by atoms with Crippen LogP contribution < -0.4 is 5.73 Å². The molecule has 0 saturated carbocycles. The first kappa shape index (κ1) is 14.4. The van der Waals surface area contributed by atoms with Crippen molar-refractivity contribution in [3.05, 3.63) is 35.0 Å². The number of fused-ring (bicyclic) bond motifs is 1. The van der Waals surface area contributed by atoms with Crippen LogP contribution in [0.3, 0.4) is 0 Å².